The monoisotopic (exact) mass is 450 g/mol. The Labute approximate surface area is 190 Å². The fraction of sp³-hybridized carbons (Fsp3) is 0.292. The fourth-order valence-corrected chi connectivity index (χ4v) is 4.36. The van der Waals surface area contributed by atoms with Gasteiger partial charge in [0, 0.05) is 35.0 Å². The van der Waals surface area contributed by atoms with Crippen LogP contribution in [0.5, 0.6) is 11.5 Å². The molecule has 2 heterocycles. The van der Waals surface area contributed by atoms with Gasteiger partial charge in [-0.1, -0.05) is 17.8 Å². The van der Waals surface area contributed by atoms with Crippen LogP contribution in [0.3, 0.4) is 0 Å². The summed E-state index contributed by atoms with van der Waals surface area (Å²) in [6.45, 7) is 7.28. The standard InChI is InChI=1S/C24H26N4O3S/c1-5-28-23(13-31-19-7-6-15(2)16(3)10-19)26-27-24(28)32-14-17-11-22(29)20-12-18(30-4)8-9-21(20)25-17/h6-12H,5,13-14H2,1-4H3,(H,25,29). The van der Waals surface area contributed by atoms with E-state index in [1.807, 2.05) is 28.8 Å². The number of aromatic nitrogens is 4. The first kappa shape index (κ1) is 22.0. The summed E-state index contributed by atoms with van der Waals surface area (Å²) in [5.41, 5.74) is 4.01. The maximum Gasteiger partial charge on any atom is 0.191 e. The molecule has 0 amide bonds. The molecule has 7 nitrogen and oxygen atoms in total. The summed E-state index contributed by atoms with van der Waals surface area (Å²) in [7, 11) is 1.59. The summed E-state index contributed by atoms with van der Waals surface area (Å²) in [5.74, 6) is 2.83. The van der Waals surface area contributed by atoms with Crippen LogP contribution in [0.4, 0.5) is 0 Å². The number of hydrogen-bond acceptors (Lipinski definition) is 6. The molecule has 0 bridgehead atoms. The summed E-state index contributed by atoms with van der Waals surface area (Å²) in [5, 5.41) is 10.1. The highest BCUT2D eigenvalue weighted by Gasteiger charge is 2.13. The van der Waals surface area contributed by atoms with Gasteiger partial charge >= 0.3 is 0 Å². The average molecular weight is 451 g/mol. The maximum atomic E-state index is 12.5. The van der Waals surface area contributed by atoms with Crippen molar-refractivity contribution < 1.29 is 9.47 Å². The largest absolute Gasteiger partial charge is 0.497 e. The fourth-order valence-electron chi connectivity index (χ4n) is 3.43. The van der Waals surface area contributed by atoms with E-state index in [2.05, 4.69) is 42.0 Å². The maximum absolute atomic E-state index is 12.5. The lowest BCUT2D eigenvalue weighted by molar-refractivity contribution is 0.288. The predicted octanol–water partition coefficient (Wildman–Crippen LogP) is 4.64. The number of H-pyrrole nitrogens is 1. The van der Waals surface area contributed by atoms with Gasteiger partial charge in [0.2, 0.25) is 0 Å². The van der Waals surface area contributed by atoms with Crippen LogP contribution in [0, 0.1) is 13.8 Å². The zero-order chi connectivity index (χ0) is 22.7. The first-order valence-electron chi connectivity index (χ1n) is 10.4. The molecule has 0 radical (unpaired) electrons. The highest BCUT2D eigenvalue weighted by atomic mass is 32.2. The number of benzene rings is 2. The van der Waals surface area contributed by atoms with E-state index in [9.17, 15) is 4.79 Å². The Morgan fingerprint density at radius 3 is 2.59 bits per heavy atom. The zero-order valence-corrected chi connectivity index (χ0v) is 19.5. The van der Waals surface area contributed by atoms with E-state index in [4.69, 9.17) is 9.47 Å². The van der Waals surface area contributed by atoms with Crippen molar-refractivity contribution in [2.45, 2.75) is 44.8 Å². The average Bonchev–Trinajstić information content (AvgIpc) is 3.20. The normalized spacial score (nSPS) is 11.1. The van der Waals surface area contributed by atoms with Gasteiger partial charge in [-0.15, -0.1) is 10.2 Å². The minimum absolute atomic E-state index is 0.0345. The smallest absolute Gasteiger partial charge is 0.191 e. The molecule has 4 aromatic rings. The number of ether oxygens (including phenoxy) is 2. The Morgan fingerprint density at radius 1 is 1.03 bits per heavy atom. The van der Waals surface area contributed by atoms with Crippen molar-refractivity contribution in [3.05, 3.63) is 75.3 Å². The Balaban J connectivity index is 1.47. The van der Waals surface area contributed by atoms with Crippen molar-refractivity contribution in [2.75, 3.05) is 7.11 Å². The van der Waals surface area contributed by atoms with E-state index < -0.39 is 0 Å². The van der Waals surface area contributed by atoms with Crippen molar-refractivity contribution >= 4 is 22.7 Å². The van der Waals surface area contributed by atoms with E-state index in [1.54, 1.807) is 19.2 Å². The summed E-state index contributed by atoms with van der Waals surface area (Å²) >= 11 is 1.54. The van der Waals surface area contributed by atoms with Crippen LogP contribution >= 0.6 is 11.8 Å². The van der Waals surface area contributed by atoms with Crippen molar-refractivity contribution in [1.82, 2.24) is 19.7 Å². The van der Waals surface area contributed by atoms with Crippen LogP contribution in [-0.2, 0) is 18.9 Å². The van der Waals surface area contributed by atoms with Crippen molar-refractivity contribution in [3.63, 3.8) is 0 Å². The topological polar surface area (TPSA) is 82.0 Å². The SMILES string of the molecule is CCn1c(COc2ccc(C)c(C)c2)nnc1SCc1cc(=O)c2cc(OC)ccc2[nH]1. The van der Waals surface area contributed by atoms with Gasteiger partial charge in [-0.2, -0.15) is 0 Å². The number of methoxy groups -OCH3 is 1. The summed E-state index contributed by atoms with van der Waals surface area (Å²) in [4.78, 5) is 15.9. The Bertz CT molecular complexity index is 1310. The van der Waals surface area contributed by atoms with Gasteiger partial charge in [0.15, 0.2) is 16.4 Å². The second-order valence-electron chi connectivity index (χ2n) is 7.54. The molecular formula is C24H26N4O3S. The van der Waals surface area contributed by atoms with Gasteiger partial charge < -0.3 is 19.0 Å². The lowest BCUT2D eigenvalue weighted by Crippen LogP contribution is -2.08. The Kier molecular flexibility index (Phi) is 6.50. The number of aromatic amines is 1. The molecule has 0 saturated heterocycles. The molecule has 0 atom stereocenters. The number of thioether (sulfide) groups is 1. The highest BCUT2D eigenvalue weighted by molar-refractivity contribution is 7.98. The molecule has 0 unspecified atom stereocenters. The first-order valence-corrected chi connectivity index (χ1v) is 11.4. The van der Waals surface area contributed by atoms with Crippen LogP contribution in [0.2, 0.25) is 0 Å². The third-order valence-electron chi connectivity index (χ3n) is 5.41. The minimum atomic E-state index is -0.0345. The number of aryl methyl sites for hydroxylation is 2. The molecule has 0 spiro atoms. The molecule has 0 aliphatic heterocycles. The van der Waals surface area contributed by atoms with Crippen LogP contribution in [0.1, 0.15) is 29.6 Å². The van der Waals surface area contributed by atoms with E-state index >= 15 is 0 Å². The molecule has 0 saturated carbocycles. The van der Waals surface area contributed by atoms with Gasteiger partial charge in [-0.25, -0.2) is 0 Å². The van der Waals surface area contributed by atoms with E-state index in [0.29, 0.717) is 23.5 Å². The number of hydrogen-bond donors (Lipinski definition) is 1. The number of nitrogens with zero attached hydrogens (tertiary/aromatic N) is 3. The van der Waals surface area contributed by atoms with Crippen molar-refractivity contribution in [3.8, 4) is 11.5 Å². The summed E-state index contributed by atoms with van der Waals surface area (Å²) < 4.78 is 13.2. The van der Waals surface area contributed by atoms with Gasteiger partial charge in [0.25, 0.3) is 0 Å². The quantitative estimate of drug-likeness (QED) is 0.394. The number of rotatable bonds is 8. The Morgan fingerprint density at radius 2 is 1.84 bits per heavy atom. The first-order chi connectivity index (χ1) is 15.5. The number of pyridine rings is 1. The third-order valence-corrected chi connectivity index (χ3v) is 6.42. The van der Waals surface area contributed by atoms with Crippen LogP contribution < -0.4 is 14.9 Å². The lowest BCUT2D eigenvalue weighted by Gasteiger charge is -2.10. The van der Waals surface area contributed by atoms with E-state index in [0.717, 1.165) is 34.5 Å². The summed E-state index contributed by atoms with van der Waals surface area (Å²) in [6.07, 6.45) is 0. The molecule has 0 aliphatic carbocycles. The number of fused-ring (bicyclic) bond motifs is 1. The molecule has 2 aromatic heterocycles. The predicted molar refractivity (Wildman–Crippen MR) is 127 cm³/mol. The molecule has 2 aromatic carbocycles. The number of nitrogens with one attached hydrogen (secondary N) is 1. The minimum Gasteiger partial charge on any atom is -0.497 e. The molecule has 8 heteroatoms. The molecule has 0 aliphatic rings. The van der Waals surface area contributed by atoms with Crippen LogP contribution in [0.25, 0.3) is 10.9 Å². The molecule has 4 rings (SSSR count). The second-order valence-corrected chi connectivity index (χ2v) is 8.48. The van der Waals surface area contributed by atoms with Gasteiger partial charge in [-0.3, -0.25) is 4.79 Å². The van der Waals surface area contributed by atoms with E-state index in [1.165, 1.54) is 22.9 Å². The lowest BCUT2D eigenvalue weighted by atomic mass is 10.1. The third kappa shape index (κ3) is 4.65. The van der Waals surface area contributed by atoms with E-state index in [-0.39, 0.29) is 5.43 Å². The molecule has 0 fully saturated rings. The highest BCUT2D eigenvalue weighted by Crippen LogP contribution is 2.24. The summed E-state index contributed by atoms with van der Waals surface area (Å²) in [6, 6.07) is 13.1. The van der Waals surface area contributed by atoms with Crippen molar-refractivity contribution in [1.29, 1.82) is 0 Å². The Hall–Kier alpha value is -3.26. The molecule has 166 valence electrons. The molecular weight excluding hydrogens is 424 g/mol. The molecule has 32 heavy (non-hydrogen) atoms. The second kappa shape index (κ2) is 9.48. The van der Waals surface area contributed by atoms with Gasteiger partial charge in [0.05, 0.1) is 7.11 Å². The van der Waals surface area contributed by atoms with Crippen LogP contribution in [-0.4, -0.2) is 26.9 Å². The molecule has 1 N–H and O–H groups in total. The van der Waals surface area contributed by atoms with Crippen LogP contribution in [0.15, 0.2) is 52.4 Å². The van der Waals surface area contributed by atoms with Crippen molar-refractivity contribution in [2.24, 2.45) is 0 Å². The van der Waals surface area contributed by atoms with Gasteiger partial charge in [-0.05, 0) is 62.2 Å². The zero-order valence-electron chi connectivity index (χ0n) is 18.6. The van der Waals surface area contributed by atoms with Gasteiger partial charge in [0.1, 0.15) is 18.1 Å².